The molecule has 1 rings (SSSR count). The second kappa shape index (κ2) is 6.71. The van der Waals surface area contributed by atoms with Gasteiger partial charge in [0.05, 0.1) is 0 Å². The Morgan fingerprint density at radius 3 is 2.58 bits per heavy atom. The molecule has 3 atom stereocenters. The van der Waals surface area contributed by atoms with E-state index < -0.39 is 0 Å². The molecule has 0 spiro atoms. The van der Waals surface area contributed by atoms with Crippen LogP contribution in [0.5, 0.6) is 0 Å². The van der Waals surface area contributed by atoms with Gasteiger partial charge in [0.25, 0.3) is 0 Å². The molecule has 0 heterocycles. The number of nitrogens with two attached hydrogens (primary N) is 1. The number of hydrogen-bond acceptors (Lipinski definition) is 3. The highest BCUT2D eigenvalue weighted by Gasteiger charge is 2.32. The number of rotatable bonds is 5. The van der Waals surface area contributed by atoms with Gasteiger partial charge in [0.2, 0.25) is 5.91 Å². The van der Waals surface area contributed by atoms with Gasteiger partial charge >= 0.3 is 0 Å². The second-order valence-electron chi connectivity index (χ2n) is 7.28. The summed E-state index contributed by atoms with van der Waals surface area (Å²) in [6, 6.07) is 0.196. The number of nitrogens with zero attached hydrogens (tertiary/aromatic N) is 1. The van der Waals surface area contributed by atoms with Gasteiger partial charge in [-0.2, -0.15) is 0 Å². The van der Waals surface area contributed by atoms with Crippen LogP contribution >= 0.6 is 0 Å². The molecule has 0 aliphatic heterocycles. The Balaban J connectivity index is 2.46. The summed E-state index contributed by atoms with van der Waals surface area (Å²) in [6.45, 7) is 8.23. The Morgan fingerprint density at radius 2 is 2.00 bits per heavy atom. The molecule has 3 N–H and O–H groups in total. The van der Waals surface area contributed by atoms with Crippen LogP contribution in [0, 0.1) is 17.3 Å². The summed E-state index contributed by atoms with van der Waals surface area (Å²) < 4.78 is 0. The molecule has 0 radical (unpaired) electrons. The minimum Gasteiger partial charge on any atom is -0.355 e. The molecule has 0 bridgehead atoms. The van der Waals surface area contributed by atoms with E-state index in [0.29, 0.717) is 5.92 Å². The zero-order valence-electron chi connectivity index (χ0n) is 13.2. The molecule has 0 aromatic carbocycles. The van der Waals surface area contributed by atoms with E-state index in [1.54, 1.807) is 0 Å². The summed E-state index contributed by atoms with van der Waals surface area (Å²) in [5.74, 6) is 0.741. The molecule has 1 aliphatic carbocycles. The van der Waals surface area contributed by atoms with Crippen molar-refractivity contribution >= 4 is 5.91 Å². The maximum absolute atomic E-state index is 12.3. The van der Waals surface area contributed by atoms with Gasteiger partial charge in [-0.15, -0.1) is 0 Å². The highest BCUT2D eigenvalue weighted by molar-refractivity contribution is 5.79. The Labute approximate surface area is 118 Å². The summed E-state index contributed by atoms with van der Waals surface area (Å²) in [4.78, 5) is 14.5. The van der Waals surface area contributed by atoms with Gasteiger partial charge in [0, 0.05) is 25.0 Å². The van der Waals surface area contributed by atoms with Gasteiger partial charge in [-0.3, -0.25) is 4.79 Å². The fraction of sp³-hybridized carbons (Fsp3) is 0.933. The van der Waals surface area contributed by atoms with E-state index >= 15 is 0 Å². The molecule has 0 saturated heterocycles. The molecule has 4 nitrogen and oxygen atoms in total. The van der Waals surface area contributed by atoms with Crippen molar-refractivity contribution in [3.63, 3.8) is 0 Å². The van der Waals surface area contributed by atoms with E-state index in [1.165, 1.54) is 0 Å². The van der Waals surface area contributed by atoms with Crippen molar-refractivity contribution in [2.45, 2.75) is 46.1 Å². The lowest BCUT2D eigenvalue weighted by Crippen LogP contribution is -2.45. The van der Waals surface area contributed by atoms with Crippen molar-refractivity contribution in [3.8, 4) is 0 Å². The fourth-order valence-corrected chi connectivity index (χ4v) is 3.09. The highest BCUT2D eigenvalue weighted by atomic mass is 16.1. The minimum atomic E-state index is 0.0962. The maximum Gasteiger partial charge on any atom is 0.223 e. The number of carbonyl (C=O) groups is 1. The summed E-state index contributed by atoms with van der Waals surface area (Å²) in [5.41, 5.74) is 6.08. The van der Waals surface area contributed by atoms with Crippen LogP contribution in [-0.4, -0.2) is 44.0 Å². The van der Waals surface area contributed by atoms with Crippen molar-refractivity contribution < 1.29 is 4.79 Å². The molecule has 19 heavy (non-hydrogen) atoms. The molecule has 1 fully saturated rings. The third-order valence-corrected chi connectivity index (χ3v) is 4.06. The summed E-state index contributed by atoms with van der Waals surface area (Å²) >= 11 is 0. The van der Waals surface area contributed by atoms with Crippen LogP contribution in [0.3, 0.4) is 0 Å². The second-order valence-corrected chi connectivity index (χ2v) is 7.28. The van der Waals surface area contributed by atoms with Gasteiger partial charge < -0.3 is 16.0 Å². The summed E-state index contributed by atoms with van der Waals surface area (Å²) in [6.07, 6.45) is 2.96. The average Bonchev–Trinajstić information content (AvgIpc) is 2.27. The Morgan fingerprint density at radius 1 is 1.37 bits per heavy atom. The van der Waals surface area contributed by atoms with Gasteiger partial charge in [0.15, 0.2) is 0 Å². The normalized spacial score (nSPS) is 28.5. The minimum absolute atomic E-state index is 0.0962. The van der Waals surface area contributed by atoms with Crippen LogP contribution in [0.1, 0.15) is 40.0 Å². The third-order valence-electron chi connectivity index (χ3n) is 4.06. The van der Waals surface area contributed by atoms with Gasteiger partial charge in [-0.1, -0.05) is 20.8 Å². The monoisotopic (exact) mass is 269 g/mol. The Bertz CT molecular complexity index is 302. The van der Waals surface area contributed by atoms with E-state index in [9.17, 15) is 4.79 Å². The zero-order chi connectivity index (χ0) is 14.6. The van der Waals surface area contributed by atoms with Crippen LogP contribution in [0.25, 0.3) is 0 Å². The number of amides is 1. The number of nitrogens with one attached hydrogen (secondary N) is 1. The first-order valence-electron chi connectivity index (χ1n) is 7.39. The Hall–Kier alpha value is -0.610. The van der Waals surface area contributed by atoms with E-state index in [1.807, 2.05) is 0 Å². The van der Waals surface area contributed by atoms with E-state index in [4.69, 9.17) is 5.73 Å². The lowest BCUT2D eigenvalue weighted by molar-refractivity contribution is -0.128. The van der Waals surface area contributed by atoms with Crippen LogP contribution in [0.4, 0.5) is 0 Å². The van der Waals surface area contributed by atoms with Gasteiger partial charge in [0.1, 0.15) is 0 Å². The quantitative estimate of drug-likeness (QED) is 0.794. The average molecular weight is 269 g/mol. The molecule has 1 saturated carbocycles. The van der Waals surface area contributed by atoms with E-state index in [-0.39, 0.29) is 23.3 Å². The number of hydrogen-bond donors (Lipinski definition) is 2. The Kier molecular flexibility index (Phi) is 5.81. The van der Waals surface area contributed by atoms with Crippen molar-refractivity contribution in [2.24, 2.45) is 23.0 Å². The standard InChI is InChI=1S/C15H31N3O/c1-11-6-7-12(16)8-13(11)14(19)17-9-15(2,3)10-18(4)5/h11-13H,6-10,16H2,1-5H3,(H,17,19). The van der Waals surface area contributed by atoms with Crippen LogP contribution in [0.2, 0.25) is 0 Å². The predicted molar refractivity (Wildman–Crippen MR) is 79.8 cm³/mol. The van der Waals surface area contributed by atoms with Crippen LogP contribution in [0.15, 0.2) is 0 Å². The summed E-state index contributed by atoms with van der Waals surface area (Å²) in [5, 5.41) is 3.13. The molecule has 1 amide bonds. The first-order valence-corrected chi connectivity index (χ1v) is 7.39. The SMILES string of the molecule is CC1CCC(N)CC1C(=O)NCC(C)(C)CN(C)C. The third kappa shape index (κ3) is 5.49. The molecular weight excluding hydrogens is 238 g/mol. The largest absolute Gasteiger partial charge is 0.355 e. The maximum atomic E-state index is 12.3. The van der Waals surface area contributed by atoms with E-state index in [2.05, 4.69) is 45.1 Å². The van der Waals surface area contributed by atoms with Gasteiger partial charge in [-0.05, 0) is 44.7 Å². The molecule has 112 valence electrons. The lowest BCUT2D eigenvalue weighted by atomic mass is 9.77. The highest BCUT2D eigenvalue weighted by Crippen LogP contribution is 2.29. The molecule has 3 unspecified atom stereocenters. The summed E-state index contributed by atoms with van der Waals surface area (Å²) in [7, 11) is 4.12. The van der Waals surface area contributed by atoms with Crippen molar-refractivity contribution in [3.05, 3.63) is 0 Å². The van der Waals surface area contributed by atoms with Crippen LogP contribution < -0.4 is 11.1 Å². The van der Waals surface area contributed by atoms with Gasteiger partial charge in [-0.25, -0.2) is 0 Å². The smallest absolute Gasteiger partial charge is 0.223 e. The fourth-order valence-electron chi connectivity index (χ4n) is 3.09. The predicted octanol–water partition coefficient (Wildman–Crippen LogP) is 1.45. The van der Waals surface area contributed by atoms with E-state index in [0.717, 1.165) is 32.4 Å². The van der Waals surface area contributed by atoms with Crippen LogP contribution in [-0.2, 0) is 4.79 Å². The molecule has 1 aliphatic rings. The molecule has 0 aromatic heterocycles. The lowest BCUT2D eigenvalue weighted by Gasteiger charge is -2.33. The molecule has 0 aromatic rings. The molecule has 4 heteroatoms. The first kappa shape index (κ1) is 16.4. The van der Waals surface area contributed by atoms with Crippen molar-refractivity contribution in [2.75, 3.05) is 27.2 Å². The number of carbonyl (C=O) groups excluding carboxylic acids is 1. The zero-order valence-corrected chi connectivity index (χ0v) is 13.2. The van der Waals surface area contributed by atoms with Crippen molar-refractivity contribution in [1.82, 2.24) is 10.2 Å². The van der Waals surface area contributed by atoms with Crippen molar-refractivity contribution in [1.29, 1.82) is 0 Å². The molecular formula is C15H31N3O. The first-order chi connectivity index (χ1) is 8.71. The topological polar surface area (TPSA) is 58.4 Å².